The monoisotopic (exact) mass is 177 g/mol. The Labute approximate surface area is 79.0 Å². The predicted molar refractivity (Wildman–Crippen MR) is 53.5 cm³/mol. The first kappa shape index (κ1) is 9.93. The highest BCUT2D eigenvalue weighted by Crippen LogP contribution is 2.10. The summed E-state index contributed by atoms with van der Waals surface area (Å²) < 4.78 is 0. The highest BCUT2D eigenvalue weighted by Gasteiger charge is 2.09. The molecule has 0 radical (unpaired) electrons. The van der Waals surface area contributed by atoms with Gasteiger partial charge in [-0.1, -0.05) is 30.3 Å². The maximum Gasteiger partial charge on any atom is 0.141 e. The molecule has 0 fully saturated rings. The summed E-state index contributed by atoms with van der Waals surface area (Å²) in [4.78, 5) is 10.8. The standard InChI is InChI=1S/C11H15NO/c1-9(2)12-11(8-13)10-6-4-3-5-7-10/h3-9,11-12H,1-2H3/t11-/m1/s1. The minimum Gasteiger partial charge on any atom is -0.302 e. The van der Waals surface area contributed by atoms with Crippen LogP contribution < -0.4 is 5.32 Å². The van der Waals surface area contributed by atoms with E-state index >= 15 is 0 Å². The van der Waals surface area contributed by atoms with Gasteiger partial charge in [-0.25, -0.2) is 0 Å². The first-order valence-electron chi connectivity index (χ1n) is 4.50. The van der Waals surface area contributed by atoms with E-state index in [0.717, 1.165) is 11.8 Å². The molecule has 0 saturated heterocycles. The van der Waals surface area contributed by atoms with Crippen molar-refractivity contribution in [1.82, 2.24) is 5.32 Å². The van der Waals surface area contributed by atoms with E-state index < -0.39 is 0 Å². The van der Waals surface area contributed by atoms with Gasteiger partial charge in [0.05, 0.1) is 6.04 Å². The number of hydrogen-bond acceptors (Lipinski definition) is 2. The number of rotatable bonds is 4. The zero-order chi connectivity index (χ0) is 9.68. The van der Waals surface area contributed by atoms with Gasteiger partial charge in [-0.05, 0) is 19.4 Å². The second-order valence-corrected chi connectivity index (χ2v) is 3.35. The van der Waals surface area contributed by atoms with E-state index in [0.29, 0.717) is 6.04 Å². The molecule has 0 heterocycles. The minimum absolute atomic E-state index is 0.179. The fourth-order valence-electron chi connectivity index (χ4n) is 1.23. The first-order valence-corrected chi connectivity index (χ1v) is 4.50. The first-order chi connectivity index (χ1) is 6.24. The van der Waals surface area contributed by atoms with Crippen LogP contribution in [-0.2, 0) is 4.79 Å². The molecule has 0 bridgehead atoms. The van der Waals surface area contributed by atoms with Crippen molar-refractivity contribution in [2.24, 2.45) is 0 Å². The van der Waals surface area contributed by atoms with Gasteiger partial charge < -0.3 is 10.1 Å². The quantitative estimate of drug-likeness (QED) is 0.712. The Morgan fingerprint density at radius 3 is 2.31 bits per heavy atom. The molecule has 13 heavy (non-hydrogen) atoms. The van der Waals surface area contributed by atoms with Crippen molar-refractivity contribution in [1.29, 1.82) is 0 Å². The average Bonchev–Trinajstić information content (AvgIpc) is 2.15. The van der Waals surface area contributed by atoms with Gasteiger partial charge in [-0.2, -0.15) is 0 Å². The Morgan fingerprint density at radius 1 is 1.23 bits per heavy atom. The smallest absolute Gasteiger partial charge is 0.141 e. The van der Waals surface area contributed by atoms with Crippen molar-refractivity contribution in [3.05, 3.63) is 35.9 Å². The van der Waals surface area contributed by atoms with Crippen LogP contribution in [0, 0.1) is 0 Å². The molecule has 2 nitrogen and oxygen atoms in total. The van der Waals surface area contributed by atoms with Crippen LogP contribution in [0.4, 0.5) is 0 Å². The zero-order valence-electron chi connectivity index (χ0n) is 8.03. The summed E-state index contributed by atoms with van der Waals surface area (Å²) >= 11 is 0. The summed E-state index contributed by atoms with van der Waals surface area (Å²) in [6.45, 7) is 4.05. The highest BCUT2D eigenvalue weighted by atomic mass is 16.1. The van der Waals surface area contributed by atoms with E-state index in [4.69, 9.17) is 0 Å². The molecule has 0 aliphatic heterocycles. The number of aldehydes is 1. The molecule has 1 N–H and O–H groups in total. The van der Waals surface area contributed by atoms with E-state index in [1.54, 1.807) is 0 Å². The number of carbonyl (C=O) groups excluding carboxylic acids is 1. The molecule has 1 atom stereocenters. The third kappa shape index (κ3) is 2.99. The normalized spacial score (nSPS) is 12.8. The molecule has 70 valence electrons. The molecule has 0 aromatic heterocycles. The van der Waals surface area contributed by atoms with Crippen LogP contribution in [0.1, 0.15) is 25.5 Å². The van der Waals surface area contributed by atoms with E-state index in [1.165, 1.54) is 0 Å². The number of nitrogens with one attached hydrogen (secondary N) is 1. The summed E-state index contributed by atoms with van der Waals surface area (Å²) in [5, 5.41) is 3.18. The Kier molecular flexibility index (Phi) is 3.65. The third-order valence-electron chi connectivity index (χ3n) is 1.81. The van der Waals surface area contributed by atoms with Crippen molar-refractivity contribution < 1.29 is 4.79 Å². The maximum atomic E-state index is 10.8. The highest BCUT2D eigenvalue weighted by molar-refractivity contribution is 5.61. The van der Waals surface area contributed by atoms with Crippen molar-refractivity contribution >= 4 is 6.29 Å². The van der Waals surface area contributed by atoms with Crippen molar-refractivity contribution in [2.75, 3.05) is 0 Å². The van der Waals surface area contributed by atoms with E-state index in [2.05, 4.69) is 5.32 Å². The Morgan fingerprint density at radius 2 is 1.85 bits per heavy atom. The van der Waals surface area contributed by atoms with Gasteiger partial charge in [-0.15, -0.1) is 0 Å². The lowest BCUT2D eigenvalue weighted by atomic mass is 10.1. The van der Waals surface area contributed by atoms with Crippen LogP contribution in [0.15, 0.2) is 30.3 Å². The lowest BCUT2D eigenvalue weighted by Gasteiger charge is -2.15. The van der Waals surface area contributed by atoms with Crippen molar-refractivity contribution in [3.8, 4) is 0 Å². The van der Waals surface area contributed by atoms with E-state index in [9.17, 15) is 4.79 Å². The van der Waals surface area contributed by atoms with Gasteiger partial charge in [-0.3, -0.25) is 0 Å². The van der Waals surface area contributed by atoms with E-state index in [1.807, 2.05) is 44.2 Å². The Bertz CT molecular complexity index is 256. The van der Waals surface area contributed by atoms with Gasteiger partial charge in [0.15, 0.2) is 0 Å². The summed E-state index contributed by atoms with van der Waals surface area (Å²) in [5.74, 6) is 0. The molecule has 0 aliphatic carbocycles. The zero-order valence-corrected chi connectivity index (χ0v) is 8.03. The second-order valence-electron chi connectivity index (χ2n) is 3.35. The van der Waals surface area contributed by atoms with Crippen molar-refractivity contribution in [2.45, 2.75) is 25.9 Å². The lowest BCUT2D eigenvalue weighted by Crippen LogP contribution is -2.28. The summed E-state index contributed by atoms with van der Waals surface area (Å²) in [5.41, 5.74) is 1.02. The third-order valence-corrected chi connectivity index (χ3v) is 1.81. The van der Waals surface area contributed by atoms with Gasteiger partial charge in [0.1, 0.15) is 6.29 Å². The molecule has 1 rings (SSSR count). The lowest BCUT2D eigenvalue weighted by molar-refractivity contribution is -0.109. The molecule has 0 aliphatic rings. The molecule has 0 spiro atoms. The van der Waals surface area contributed by atoms with Gasteiger partial charge in [0, 0.05) is 6.04 Å². The molecular formula is C11H15NO. The summed E-state index contributed by atoms with van der Waals surface area (Å²) in [6.07, 6.45) is 0.940. The van der Waals surface area contributed by atoms with Crippen LogP contribution in [-0.4, -0.2) is 12.3 Å². The SMILES string of the molecule is CC(C)N[C@H](C=O)c1ccccc1. The van der Waals surface area contributed by atoms with Crippen LogP contribution in [0.3, 0.4) is 0 Å². The van der Waals surface area contributed by atoms with E-state index in [-0.39, 0.29) is 6.04 Å². The van der Waals surface area contributed by atoms with Crippen LogP contribution in [0.5, 0.6) is 0 Å². The molecule has 2 heteroatoms. The van der Waals surface area contributed by atoms with Crippen LogP contribution in [0.2, 0.25) is 0 Å². The molecule has 1 aromatic rings. The molecule has 0 amide bonds. The van der Waals surface area contributed by atoms with Crippen molar-refractivity contribution in [3.63, 3.8) is 0 Å². The minimum atomic E-state index is -0.179. The average molecular weight is 177 g/mol. The van der Waals surface area contributed by atoms with Gasteiger partial charge in [0.2, 0.25) is 0 Å². The molecular weight excluding hydrogens is 162 g/mol. The fraction of sp³-hybridized carbons (Fsp3) is 0.364. The number of carbonyl (C=O) groups is 1. The topological polar surface area (TPSA) is 29.1 Å². The maximum absolute atomic E-state index is 10.8. The van der Waals surface area contributed by atoms with Gasteiger partial charge in [0.25, 0.3) is 0 Å². The molecule has 1 aromatic carbocycles. The Hall–Kier alpha value is -1.15. The van der Waals surface area contributed by atoms with Crippen LogP contribution in [0.25, 0.3) is 0 Å². The summed E-state index contributed by atoms with van der Waals surface area (Å²) in [6, 6.07) is 9.86. The van der Waals surface area contributed by atoms with Crippen LogP contribution >= 0.6 is 0 Å². The largest absolute Gasteiger partial charge is 0.302 e. The number of hydrogen-bond donors (Lipinski definition) is 1. The fourth-order valence-corrected chi connectivity index (χ4v) is 1.23. The molecule has 0 unspecified atom stereocenters. The number of benzene rings is 1. The Balaban J connectivity index is 2.73. The predicted octanol–water partition coefficient (Wildman–Crippen LogP) is 1.92. The second kappa shape index (κ2) is 4.77. The molecule has 0 saturated carbocycles. The summed E-state index contributed by atoms with van der Waals surface area (Å²) in [7, 11) is 0. The van der Waals surface area contributed by atoms with Gasteiger partial charge >= 0.3 is 0 Å².